The highest BCUT2D eigenvalue weighted by molar-refractivity contribution is 5.37. The van der Waals surface area contributed by atoms with E-state index in [2.05, 4.69) is 75.1 Å². The minimum atomic E-state index is 0.941. The number of rotatable bonds is 3. The number of aryl methyl sites for hydroxylation is 1. The first kappa shape index (κ1) is 11.9. The Morgan fingerprint density at radius 1 is 0.941 bits per heavy atom. The fourth-order valence-corrected chi connectivity index (χ4v) is 2.15. The number of hydrogen-bond acceptors (Lipinski definition) is 0. The highest BCUT2D eigenvalue weighted by atomic mass is 15.3. The number of para-hydroxylation sites is 1. The molecule has 0 aliphatic heterocycles. The topological polar surface area (TPSA) is 4.93 Å². The predicted molar refractivity (Wildman–Crippen MR) is 72.2 cm³/mol. The molecule has 0 radical (unpaired) electrons. The Hall–Kier alpha value is -1.54. The summed E-state index contributed by atoms with van der Waals surface area (Å²) in [7, 11) is 6.66. The van der Waals surface area contributed by atoms with Gasteiger partial charge in [-0.15, -0.1) is 0 Å². The Morgan fingerprint density at radius 3 is 2.18 bits per heavy atom. The second-order valence-electron chi connectivity index (χ2n) is 5.59. The summed E-state index contributed by atoms with van der Waals surface area (Å²) in [5.74, 6) is 0. The maximum atomic E-state index is 2.34. The molecule has 0 saturated heterocycles. The maximum Gasteiger partial charge on any atom is 0.119 e. The van der Waals surface area contributed by atoms with Gasteiger partial charge < -0.3 is 9.05 Å². The number of benzene rings is 1. The van der Waals surface area contributed by atoms with Gasteiger partial charge in [-0.2, -0.15) is 0 Å². The van der Waals surface area contributed by atoms with Crippen LogP contribution in [0.4, 0.5) is 0 Å². The van der Waals surface area contributed by atoms with Gasteiger partial charge in [0.2, 0.25) is 0 Å². The zero-order chi connectivity index (χ0) is 12.5. The summed E-state index contributed by atoms with van der Waals surface area (Å²) in [5.41, 5.74) is 3.90. The van der Waals surface area contributed by atoms with Gasteiger partial charge in [-0.05, 0) is 31.2 Å². The van der Waals surface area contributed by atoms with Crippen molar-refractivity contribution in [2.45, 2.75) is 13.5 Å². The number of aromatic nitrogens is 1. The lowest BCUT2D eigenvalue weighted by atomic mass is 10.3. The van der Waals surface area contributed by atoms with Gasteiger partial charge in [0.15, 0.2) is 0 Å². The molecule has 0 atom stereocenters. The molecule has 2 heteroatoms. The van der Waals surface area contributed by atoms with Crippen LogP contribution < -0.4 is 0 Å². The molecule has 2 nitrogen and oxygen atoms in total. The molecule has 90 valence electrons. The lowest BCUT2D eigenvalue weighted by Gasteiger charge is -2.25. The van der Waals surface area contributed by atoms with Crippen molar-refractivity contribution in [1.29, 1.82) is 0 Å². The van der Waals surface area contributed by atoms with Crippen LogP contribution >= 0.6 is 0 Å². The minimum Gasteiger partial charge on any atom is -0.326 e. The molecule has 0 spiro atoms. The van der Waals surface area contributed by atoms with Crippen LogP contribution in [0, 0.1) is 6.92 Å². The molecule has 0 amide bonds. The molecule has 1 aromatic carbocycles. The molecule has 0 unspecified atom stereocenters. The van der Waals surface area contributed by atoms with Gasteiger partial charge in [-0.1, -0.05) is 18.2 Å². The summed E-state index contributed by atoms with van der Waals surface area (Å²) in [6.07, 6.45) is 0. The molecule has 0 bridgehead atoms. The van der Waals surface area contributed by atoms with Crippen molar-refractivity contribution in [3.05, 3.63) is 53.9 Å². The molecule has 0 saturated carbocycles. The summed E-state index contributed by atoms with van der Waals surface area (Å²) in [4.78, 5) is 0. The standard InChI is InChI=1S/C15H21N2/c1-13-10-11-15(12-17(2,3)4)16(13)14-8-6-5-7-9-14/h5-11H,12H2,1-4H3/q+1. The second-order valence-corrected chi connectivity index (χ2v) is 5.59. The van der Waals surface area contributed by atoms with Crippen LogP contribution in [0.15, 0.2) is 42.5 Å². The molecule has 0 N–H and O–H groups in total. The molecule has 0 fully saturated rings. The summed E-state index contributed by atoms with van der Waals surface area (Å²) >= 11 is 0. The number of hydrogen-bond donors (Lipinski definition) is 0. The van der Waals surface area contributed by atoms with E-state index in [9.17, 15) is 0 Å². The zero-order valence-corrected chi connectivity index (χ0v) is 11.1. The van der Waals surface area contributed by atoms with Crippen molar-refractivity contribution in [2.75, 3.05) is 21.1 Å². The van der Waals surface area contributed by atoms with Crippen LogP contribution in [0.2, 0.25) is 0 Å². The SMILES string of the molecule is Cc1ccc(C[N+](C)(C)C)n1-c1ccccc1. The van der Waals surface area contributed by atoms with Crippen LogP contribution in [0.1, 0.15) is 11.4 Å². The Bertz CT molecular complexity index is 489. The fourth-order valence-electron chi connectivity index (χ4n) is 2.15. The zero-order valence-electron chi connectivity index (χ0n) is 11.1. The molecule has 1 heterocycles. The number of quaternary nitrogens is 1. The predicted octanol–water partition coefficient (Wildman–Crippen LogP) is 2.99. The summed E-state index contributed by atoms with van der Waals surface area (Å²) in [5, 5.41) is 0. The van der Waals surface area contributed by atoms with Crippen LogP contribution in [-0.2, 0) is 6.54 Å². The molecule has 2 rings (SSSR count). The first-order valence-corrected chi connectivity index (χ1v) is 6.00. The van der Waals surface area contributed by atoms with Gasteiger partial charge in [-0.25, -0.2) is 0 Å². The van der Waals surface area contributed by atoms with Gasteiger partial charge in [0.05, 0.1) is 26.8 Å². The van der Waals surface area contributed by atoms with Crippen molar-refractivity contribution in [3.63, 3.8) is 0 Å². The Kier molecular flexibility index (Phi) is 3.07. The third-order valence-corrected chi connectivity index (χ3v) is 2.81. The summed E-state index contributed by atoms with van der Waals surface area (Å²) in [6, 6.07) is 15.0. The number of nitrogens with zero attached hydrogens (tertiary/aromatic N) is 2. The quantitative estimate of drug-likeness (QED) is 0.713. The fraction of sp³-hybridized carbons (Fsp3) is 0.333. The lowest BCUT2D eigenvalue weighted by Crippen LogP contribution is -2.34. The normalized spacial score (nSPS) is 11.8. The molecule has 1 aromatic heterocycles. The molecule has 2 aromatic rings. The Labute approximate surface area is 104 Å². The van der Waals surface area contributed by atoms with Crippen molar-refractivity contribution < 1.29 is 4.48 Å². The van der Waals surface area contributed by atoms with E-state index < -0.39 is 0 Å². The molecular weight excluding hydrogens is 208 g/mol. The lowest BCUT2D eigenvalue weighted by molar-refractivity contribution is -0.884. The van der Waals surface area contributed by atoms with Gasteiger partial charge >= 0.3 is 0 Å². The average molecular weight is 229 g/mol. The summed E-state index contributed by atoms with van der Waals surface area (Å²) < 4.78 is 3.28. The average Bonchev–Trinajstić information content (AvgIpc) is 2.58. The Balaban J connectivity index is 2.44. The second kappa shape index (κ2) is 4.38. The minimum absolute atomic E-state index is 0.941. The van der Waals surface area contributed by atoms with Crippen molar-refractivity contribution in [1.82, 2.24) is 4.57 Å². The maximum absolute atomic E-state index is 2.34. The van der Waals surface area contributed by atoms with Gasteiger partial charge in [0.1, 0.15) is 6.54 Å². The van der Waals surface area contributed by atoms with E-state index in [1.807, 2.05) is 0 Å². The van der Waals surface area contributed by atoms with Crippen molar-refractivity contribution in [3.8, 4) is 5.69 Å². The molecular formula is C15H21N2+. The van der Waals surface area contributed by atoms with Crippen LogP contribution in [0.25, 0.3) is 5.69 Å². The highest BCUT2D eigenvalue weighted by Gasteiger charge is 2.14. The molecule has 17 heavy (non-hydrogen) atoms. The van der Waals surface area contributed by atoms with E-state index in [0.29, 0.717) is 0 Å². The van der Waals surface area contributed by atoms with E-state index in [-0.39, 0.29) is 0 Å². The van der Waals surface area contributed by atoms with Crippen LogP contribution in [0.5, 0.6) is 0 Å². The van der Waals surface area contributed by atoms with Crippen LogP contribution in [-0.4, -0.2) is 30.2 Å². The summed E-state index contributed by atoms with van der Waals surface area (Å²) in [6.45, 7) is 3.19. The van der Waals surface area contributed by atoms with Crippen molar-refractivity contribution in [2.24, 2.45) is 0 Å². The first-order valence-electron chi connectivity index (χ1n) is 6.00. The Morgan fingerprint density at radius 2 is 1.59 bits per heavy atom. The van der Waals surface area contributed by atoms with Gasteiger partial charge in [0, 0.05) is 11.4 Å². The molecule has 0 aliphatic rings. The van der Waals surface area contributed by atoms with Gasteiger partial charge in [0.25, 0.3) is 0 Å². The largest absolute Gasteiger partial charge is 0.326 e. The van der Waals surface area contributed by atoms with E-state index in [1.165, 1.54) is 17.1 Å². The highest BCUT2D eigenvalue weighted by Crippen LogP contribution is 2.18. The smallest absolute Gasteiger partial charge is 0.119 e. The van der Waals surface area contributed by atoms with Crippen molar-refractivity contribution >= 4 is 0 Å². The van der Waals surface area contributed by atoms with E-state index in [1.54, 1.807) is 0 Å². The first-order chi connectivity index (χ1) is 7.97. The van der Waals surface area contributed by atoms with Gasteiger partial charge in [-0.3, -0.25) is 0 Å². The third kappa shape index (κ3) is 2.77. The van der Waals surface area contributed by atoms with E-state index in [4.69, 9.17) is 0 Å². The molecule has 0 aliphatic carbocycles. The van der Waals surface area contributed by atoms with Crippen LogP contribution in [0.3, 0.4) is 0 Å². The monoisotopic (exact) mass is 229 g/mol. The third-order valence-electron chi connectivity index (χ3n) is 2.81. The van der Waals surface area contributed by atoms with E-state index in [0.717, 1.165) is 11.0 Å². The van der Waals surface area contributed by atoms with E-state index >= 15 is 0 Å².